The highest BCUT2D eigenvalue weighted by Crippen LogP contribution is 2.13. The van der Waals surface area contributed by atoms with Gasteiger partial charge in [-0.05, 0) is 32.9 Å². The number of nitrogens with one attached hydrogen (secondary N) is 2. The number of rotatable bonds is 8. The summed E-state index contributed by atoms with van der Waals surface area (Å²) in [7, 11) is 0. The molecular formula is C18H22N8O2. The van der Waals surface area contributed by atoms with E-state index in [0.717, 1.165) is 11.4 Å². The van der Waals surface area contributed by atoms with Crippen LogP contribution in [0.4, 0.5) is 5.82 Å². The first-order chi connectivity index (χ1) is 13.5. The fourth-order valence-electron chi connectivity index (χ4n) is 2.55. The van der Waals surface area contributed by atoms with E-state index in [-0.39, 0.29) is 18.5 Å². The Labute approximate surface area is 162 Å². The molecule has 3 aromatic rings. The normalized spacial score (nSPS) is 10.5. The van der Waals surface area contributed by atoms with E-state index in [2.05, 4.69) is 35.7 Å². The number of hydrogen-bond donors (Lipinski definition) is 2. The van der Waals surface area contributed by atoms with Gasteiger partial charge in [0, 0.05) is 37.2 Å². The summed E-state index contributed by atoms with van der Waals surface area (Å²) in [6, 6.07) is 5.66. The monoisotopic (exact) mass is 382 g/mol. The number of anilines is 1. The highest BCUT2D eigenvalue weighted by molar-refractivity contribution is 5.77. The SMILES string of the molecule is Cc1cc(C)n(-c2cc(NCCNC(=O)COc3ncccn3)nc(C)n2)n1. The zero-order chi connectivity index (χ0) is 19.9. The van der Waals surface area contributed by atoms with E-state index in [4.69, 9.17) is 4.74 Å². The quantitative estimate of drug-likeness (QED) is 0.553. The van der Waals surface area contributed by atoms with E-state index >= 15 is 0 Å². The van der Waals surface area contributed by atoms with Crippen molar-refractivity contribution >= 4 is 11.7 Å². The van der Waals surface area contributed by atoms with Crippen LogP contribution < -0.4 is 15.4 Å². The lowest BCUT2D eigenvalue weighted by molar-refractivity contribution is -0.123. The average Bonchev–Trinajstić information content (AvgIpc) is 3.02. The van der Waals surface area contributed by atoms with Gasteiger partial charge in [-0.2, -0.15) is 5.10 Å². The molecule has 0 spiro atoms. The average molecular weight is 382 g/mol. The first-order valence-corrected chi connectivity index (χ1v) is 8.81. The summed E-state index contributed by atoms with van der Waals surface area (Å²) < 4.78 is 6.97. The molecule has 10 heteroatoms. The zero-order valence-electron chi connectivity index (χ0n) is 16.0. The summed E-state index contributed by atoms with van der Waals surface area (Å²) >= 11 is 0. The minimum absolute atomic E-state index is 0.140. The van der Waals surface area contributed by atoms with Crippen molar-refractivity contribution in [1.82, 2.24) is 35.0 Å². The highest BCUT2D eigenvalue weighted by Gasteiger charge is 2.08. The largest absolute Gasteiger partial charge is 0.453 e. The van der Waals surface area contributed by atoms with Gasteiger partial charge in [0.1, 0.15) is 11.6 Å². The van der Waals surface area contributed by atoms with Crippen molar-refractivity contribution in [2.24, 2.45) is 0 Å². The Morgan fingerprint density at radius 1 is 1.11 bits per heavy atom. The molecule has 0 fully saturated rings. The third kappa shape index (κ3) is 5.22. The number of amides is 1. The van der Waals surface area contributed by atoms with Crippen molar-refractivity contribution in [3.8, 4) is 11.8 Å². The fourth-order valence-corrected chi connectivity index (χ4v) is 2.55. The van der Waals surface area contributed by atoms with Gasteiger partial charge in [0.25, 0.3) is 5.91 Å². The topological polar surface area (TPSA) is 120 Å². The van der Waals surface area contributed by atoms with Crippen molar-refractivity contribution in [2.45, 2.75) is 20.8 Å². The van der Waals surface area contributed by atoms with E-state index in [0.29, 0.717) is 30.5 Å². The molecule has 3 rings (SSSR count). The van der Waals surface area contributed by atoms with Gasteiger partial charge in [-0.25, -0.2) is 24.6 Å². The Balaban J connectivity index is 1.48. The van der Waals surface area contributed by atoms with Crippen LogP contribution in [-0.4, -0.2) is 55.3 Å². The lowest BCUT2D eigenvalue weighted by Gasteiger charge is -2.10. The van der Waals surface area contributed by atoms with Crippen molar-refractivity contribution in [3.05, 3.63) is 47.8 Å². The van der Waals surface area contributed by atoms with E-state index < -0.39 is 0 Å². The molecule has 0 saturated heterocycles. The minimum atomic E-state index is -0.253. The molecule has 0 aliphatic heterocycles. The summed E-state index contributed by atoms with van der Waals surface area (Å²) in [5.41, 5.74) is 1.92. The minimum Gasteiger partial charge on any atom is -0.453 e. The first-order valence-electron chi connectivity index (χ1n) is 8.81. The maximum Gasteiger partial charge on any atom is 0.316 e. The third-order valence-electron chi connectivity index (χ3n) is 3.68. The standard InChI is InChI=1S/C18H22N8O2/c1-12-9-13(2)26(25-12)16-10-15(23-14(3)24-16)19-7-8-20-17(27)11-28-18-21-5-4-6-22-18/h4-6,9-10H,7-8,11H2,1-3H3,(H,20,27)(H,19,23,24). The molecule has 0 aromatic carbocycles. The Morgan fingerprint density at radius 2 is 1.89 bits per heavy atom. The van der Waals surface area contributed by atoms with E-state index in [1.165, 1.54) is 0 Å². The molecule has 10 nitrogen and oxygen atoms in total. The summed E-state index contributed by atoms with van der Waals surface area (Å²) in [6.07, 6.45) is 3.10. The molecule has 3 aromatic heterocycles. The van der Waals surface area contributed by atoms with Crippen LogP contribution in [0.1, 0.15) is 17.2 Å². The maximum atomic E-state index is 11.8. The van der Waals surface area contributed by atoms with Gasteiger partial charge in [0.05, 0.1) is 5.69 Å². The van der Waals surface area contributed by atoms with Gasteiger partial charge in [0.2, 0.25) is 0 Å². The lowest BCUT2D eigenvalue weighted by atomic mass is 10.4. The molecule has 0 unspecified atom stereocenters. The molecule has 28 heavy (non-hydrogen) atoms. The first kappa shape index (κ1) is 19.2. The number of ether oxygens (including phenoxy) is 1. The summed E-state index contributed by atoms with van der Waals surface area (Å²) in [4.78, 5) is 28.4. The second-order valence-corrected chi connectivity index (χ2v) is 6.09. The molecular weight excluding hydrogens is 360 g/mol. The maximum absolute atomic E-state index is 11.8. The Kier molecular flexibility index (Phi) is 6.10. The van der Waals surface area contributed by atoms with Gasteiger partial charge in [-0.1, -0.05) is 0 Å². The Bertz CT molecular complexity index is 942. The molecule has 1 amide bonds. The molecule has 0 radical (unpaired) electrons. The summed E-state index contributed by atoms with van der Waals surface area (Å²) in [6.45, 7) is 6.51. The van der Waals surface area contributed by atoms with Crippen molar-refractivity contribution in [3.63, 3.8) is 0 Å². The van der Waals surface area contributed by atoms with Crippen LogP contribution in [0, 0.1) is 20.8 Å². The van der Waals surface area contributed by atoms with Crippen molar-refractivity contribution in [2.75, 3.05) is 25.0 Å². The molecule has 0 bridgehead atoms. The van der Waals surface area contributed by atoms with Crippen molar-refractivity contribution in [1.29, 1.82) is 0 Å². The number of aromatic nitrogens is 6. The highest BCUT2D eigenvalue weighted by atomic mass is 16.5. The molecule has 0 saturated carbocycles. The zero-order valence-corrected chi connectivity index (χ0v) is 16.0. The summed E-state index contributed by atoms with van der Waals surface area (Å²) in [5.74, 6) is 1.74. The van der Waals surface area contributed by atoms with Gasteiger partial charge in [-0.15, -0.1) is 0 Å². The number of nitrogens with zero attached hydrogens (tertiary/aromatic N) is 6. The lowest BCUT2D eigenvalue weighted by Crippen LogP contribution is -2.33. The van der Waals surface area contributed by atoms with Gasteiger partial charge >= 0.3 is 6.01 Å². The molecule has 2 N–H and O–H groups in total. The predicted molar refractivity (Wildman–Crippen MR) is 102 cm³/mol. The number of carbonyl (C=O) groups is 1. The summed E-state index contributed by atoms with van der Waals surface area (Å²) in [5, 5.41) is 10.4. The fraction of sp³-hybridized carbons (Fsp3) is 0.333. The number of aryl methyl sites for hydroxylation is 3. The van der Waals surface area contributed by atoms with Crippen LogP contribution in [0.5, 0.6) is 6.01 Å². The Morgan fingerprint density at radius 3 is 2.61 bits per heavy atom. The molecule has 0 aliphatic carbocycles. The van der Waals surface area contributed by atoms with Crippen LogP contribution >= 0.6 is 0 Å². The molecule has 0 atom stereocenters. The smallest absolute Gasteiger partial charge is 0.316 e. The van der Waals surface area contributed by atoms with E-state index in [9.17, 15) is 4.79 Å². The van der Waals surface area contributed by atoms with Crippen molar-refractivity contribution < 1.29 is 9.53 Å². The Hall–Kier alpha value is -3.56. The molecule has 146 valence electrons. The number of carbonyl (C=O) groups excluding carboxylic acids is 1. The second-order valence-electron chi connectivity index (χ2n) is 6.09. The van der Waals surface area contributed by atoms with E-state index in [1.54, 1.807) is 23.1 Å². The van der Waals surface area contributed by atoms with Gasteiger partial charge in [-0.3, -0.25) is 4.79 Å². The van der Waals surface area contributed by atoms with Crippen LogP contribution in [0.15, 0.2) is 30.6 Å². The van der Waals surface area contributed by atoms with Crippen LogP contribution in [-0.2, 0) is 4.79 Å². The third-order valence-corrected chi connectivity index (χ3v) is 3.68. The second kappa shape index (κ2) is 8.89. The molecule has 3 heterocycles. The van der Waals surface area contributed by atoms with Gasteiger partial charge in [0.15, 0.2) is 12.4 Å². The number of hydrogen-bond acceptors (Lipinski definition) is 8. The van der Waals surface area contributed by atoms with Crippen LogP contribution in [0.25, 0.3) is 5.82 Å². The predicted octanol–water partition coefficient (Wildman–Crippen LogP) is 0.985. The van der Waals surface area contributed by atoms with E-state index in [1.807, 2.05) is 32.9 Å². The molecule has 0 aliphatic rings. The van der Waals surface area contributed by atoms with Crippen LogP contribution in [0.2, 0.25) is 0 Å². The van der Waals surface area contributed by atoms with Gasteiger partial charge < -0.3 is 15.4 Å². The van der Waals surface area contributed by atoms with Crippen LogP contribution in [0.3, 0.4) is 0 Å².